The van der Waals surface area contributed by atoms with Gasteiger partial charge in [0.2, 0.25) is 5.28 Å². The minimum atomic E-state index is -3.99. The second kappa shape index (κ2) is 8.24. The summed E-state index contributed by atoms with van der Waals surface area (Å²) in [7, 11) is -2.86. The summed E-state index contributed by atoms with van der Waals surface area (Å²) in [6.07, 6.45) is 0. The van der Waals surface area contributed by atoms with Gasteiger partial charge in [0.1, 0.15) is 0 Å². The lowest BCUT2D eigenvalue weighted by Gasteiger charge is -2.33. The van der Waals surface area contributed by atoms with E-state index in [0.29, 0.717) is 5.56 Å². The highest BCUT2D eigenvalue weighted by molar-refractivity contribution is 7.56. The van der Waals surface area contributed by atoms with Crippen molar-refractivity contribution in [1.82, 2.24) is 5.32 Å². The van der Waals surface area contributed by atoms with E-state index in [1.54, 1.807) is 44.2 Å². The molecular formula is C15H22NO6P. The molecule has 1 amide bonds. The maximum atomic E-state index is 13.0. The van der Waals surface area contributed by atoms with Crippen molar-refractivity contribution in [3.8, 4) is 0 Å². The number of rotatable bonds is 8. The van der Waals surface area contributed by atoms with Gasteiger partial charge in [-0.05, 0) is 32.9 Å². The molecule has 23 heavy (non-hydrogen) atoms. The van der Waals surface area contributed by atoms with Crippen molar-refractivity contribution in [2.75, 3.05) is 20.3 Å². The Balaban J connectivity index is 3.23. The van der Waals surface area contributed by atoms with Crippen LogP contribution < -0.4 is 5.32 Å². The molecule has 0 aromatic heterocycles. The number of hydrogen-bond donors (Lipinski definition) is 1. The number of ether oxygens (including phenoxy) is 1. The lowest BCUT2D eigenvalue weighted by molar-refractivity contribution is -0.144. The van der Waals surface area contributed by atoms with Crippen LogP contribution in [0.15, 0.2) is 30.3 Å². The Morgan fingerprint density at radius 3 is 2.09 bits per heavy atom. The first kappa shape index (κ1) is 19.4. The van der Waals surface area contributed by atoms with Gasteiger partial charge in [-0.1, -0.05) is 18.2 Å². The van der Waals surface area contributed by atoms with Crippen molar-refractivity contribution in [3.05, 3.63) is 35.9 Å². The summed E-state index contributed by atoms with van der Waals surface area (Å²) >= 11 is 0. The van der Waals surface area contributed by atoms with Gasteiger partial charge in [-0.2, -0.15) is 0 Å². The third-order valence-electron chi connectivity index (χ3n) is 3.12. The summed E-state index contributed by atoms with van der Waals surface area (Å²) in [4.78, 5) is 24.6. The van der Waals surface area contributed by atoms with Crippen molar-refractivity contribution >= 4 is 19.5 Å². The fourth-order valence-corrected chi connectivity index (χ4v) is 3.77. The van der Waals surface area contributed by atoms with Crippen LogP contribution in [0.3, 0.4) is 0 Å². The molecule has 1 unspecified atom stereocenters. The molecule has 1 rings (SSSR count). The number of methoxy groups -OCH3 is 1. The van der Waals surface area contributed by atoms with Crippen molar-refractivity contribution in [2.24, 2.45) is 0 Å². The molecule has 0 radical (unpaired) electrons. The van der Waals surface area contributed by atoms with Crippen LogP contribution in [0.5, 0.6) is 0 Å². The SMILES string of the molecule is CCOP(=O)(OCC)C(C)(NC(=O)c1ccccc1)C(=O)OC. The van der Waals surface area contributed by atoms with Crippen LogP contribution in [-0.2, 0) is 23.1 Å². The van der Waals surface area contributed by atoms with Gasteiger partial charge in [0.05, 0.1) is 20.3 Å². The zero-order chi connectivity index (χ0) is 17.5. The van der Waals surface area contributed by atoms with Crippen molar-refractivity contribution < 1.29 is 27.9 Å². The molecule has 0 spiro atoms. The molecule has 1 atom stereocenters. The van der Waals surface area contributed by atoms with Gasteiger partial charge in [0.15, 0.2) is 0 Å². The van der Waals surface area contributed by atoms with E-state index in [1.807, 2.05) is 0 Å². The summed E-state index contributed by atoms with van der Waals surface area (Å²) in [5, 5.41) is 0.486. The fourth-order valence-electron chi connectivity index (χ4n) is 1.95. The highest BCUT2D eigenvalue weighted by Gasteiger charge is 2.55. The number of hydrogen-bond acceptors (Lipinski definition) is 6. The highest BCUT2D eigenvalue weighted by Crippen LogP contribution is 2.59. The number of nitrogens with one attached hydrogen (secondary N) is 1. The Hall–Kier alpha value is -1.69. The number of amides is 1. The second-order valence-electron chi connectivity index (χ2n) is 4.72. The van der Waals surface area contributed by atoms with E-state index < -0.39 is 24.8 Å². The van der Waals surface area contributed by atoms with Crippen molar-refractivity contribution in [3.63, 3.8) is 0 Å². The van der Waals surface area contributed by atoms with Crippen LogP contribution in [0.2, 0.25) is 0 Å². The smallest absolute Gasteiger partial charge is 0.367 e. The first-order valence-electron chi connectivity index (χ1n) is 7.19. The van der Waals surface area contributed by atoms with Crippen molar-refractivity contribution in [2.45, 2.75) is 26.1 Å². The Bertz CT molecular complexity index is 581. The average Bonchev–Trinajstić information content (AvgIpc) is 2.55. The first-order valence-corrected chi connectivity index (χ1v) is 8.74. The monoisotopic (exact) mass is 343 g/mol. The van der Waals surface area contributed by atoms with Crippen LogP contribution in [0, 0.1) is 0 Å². The van der Waals surface area contributed by atoms with E-state index in [4.69, 9.17) is 13.8 Å². The molecule has 0 saturated carbocycles. The van der Waals surface area contributed by atoms with Gasteiger partial charge in [-0.3, -0.25) is 9.36 Å². The molecular weight excluding hydrogens is 321 g/mol. The maximum absolute atomic E-state index is 13.0. The summed E-state index contributed by atoms with van der Waals surface area (Å²) in [5.41, 5.74) is 0.308. The second-order valence-corrected chi connectivity index (χ2v) is 7.12. The molecule has 1 aromatic carbocycles. The molecule has 0 bridgehead atoms. The summed E-state index contributed by atoms with van der Waals surface area (Å²) in [5.74, 6) is -1.50. The van der Waals surface area contributed by atoms with Gasteiger partial charge < -0.3 is 19.1 Å². The highest BCUT2D eigenvalue weighted by atomic mass is 31.2. The van der Waals surface area contributed by atoms with Crippen LogP contribution >= 0.6 is 7.60 Å². The third-order valence-corrected chi connectivity index (χ3v) is 5.71. The van der Waals surface area contributed by atoms with E-state index in [-0.39, 0.29) is 13.2 Å². The quantitative estimate of drug-likeness (QED) is 0.576. The van der Waals surface area contributed by atoms with Gasteiger partial charge in [0, 0.05) is 5.56 Å². The molecule has 7 nitrogen and oxygen atoms in total. The van der Waals surface area contributed by atoms with Gasteiger partial charge in [0.25, 0.3) is 5.91 Å². The Morgan fingerprint density at radius 2 is 1.65 bits per heavy atom. The summed E-state index contributed by atoms with van der Waals surface area (Å²) in [6, 6.07) is 8.24. The molecule has 1 N–H and O–H groups in total. The van der Waals surface area contributed by atoms with E-state index in [1.165, 1.54) is 6.92 Å². The summed E-state index contributed by atoms with van der Waals surface area (Å²) in [6.45, 7) is 4.59. The molecule has 8 heteroatoms. The topological polar surface area (TPSA) is 90.9 Å². The van der Waals surface area contributed by atoms with Crippen LogP contribution in [0.25, 0.3) is 0 Å². The molecule has 128 valence electrons. The Kier molecular flexibility index (Phi) is 6.94. The minimum Gasteiger partial charge on any atom is -0.467 e. The molecule has 0 saturated heterocycles. The molecule has 0 aliphatic carbocycles. The Labute approximate surface area is 135 Å². The lowest BCUT2D eigenvalue weighted by Crippen LogP contribution is -2.53. The fraction of sp³-hybridized carbons (Fsp3) is 0.467. The van der Waals surface area contributed by atoms with Crippen molar-refractivity contribution in [1.29, 1.82) is 0 Å². The van der Waals surface area contributed by atoms with E-state index in [0.717, 1.165) is 7.11 Å². The number of benzene rings is 1. The van der Waals surface area contributed by atoms with Crippen LogP contribution in [0.4, 0.5) is 0 Å². The number of carbonyl (C=O) groups excluding carboxylic acids is 2. The van der Waals surface area contributed by atoms with Gasteiger partial charge in [-0.15, -0.1) is 0 Å². The zero-order valence-electron chi connectivity index (χ0n) is 13.7. The molecule has 1 aromatic rings. The number of esters is 1. The Morgan fingerprint density at radius 1 is 1.13 bits per heavy atom. The van der Waals surface area contributed by atoms with E-state index in [9.17, 15) is 14.2 Å². The first-order chi connectivity index (χ1) is 10.8. The normalized spacial score (nSPS) is 13.9. The van der Waals surface area contributed by atoms with Gasteiger partial charge >= 0.3 is 13.6 Å². The average molecular weight is 343 g/mol. The molecule has 0 aliphatic heterocycles. The summed E-state index contributed by atoms with van der Waals surface area (Å²) < 4.78 is 28.2. The standard InChI is InChI=1S/C15H22NO6P/c1-5-21-23(19,22-6-2)15(3,14(18)20-4)16-13(17)12-10-8-7-9-11-12/h7-11H,5-6H2,1-4H3,(H,16,17). The van der Waals surface area contributed by atoms with Gasteiger partial charge in [-0.25, -0.2) is 4.79 Å². The van der Waals surface area contributed by atoms with E-state index in [2.05, 4.69) is 5.32 Å². The predicted octanol–water partition coefficient (Wildman–Crippen LogP) is 2.57. The zero-order valence-corrected chi connectivity index (χ0v) is 14.6. The minimum absolute atomic E-state index is 0.0467. The number of carbonyl (C=O) groups is 2. The lowest BCUT2D eigenvalue weighted by atomic mass is 10.2. The predicted molar refractivity (Wildman–Crippen MR) is 85.2 cm³/mol. The van der Waals surface area contributed by atoms with Crippen LogP contribution in [0.1, 0.15) is 31.1 Å². The largest absolute Gasteiger partial charge is 0.467 e. The third kappa shape index (κ3) is 4.19. The molecule has 0 aliphatic rings. The van der Waals surface area contributed by atoms with Crippen LogP contribution in [-0.4, -0.2) is 37.5 Å². The molecule has 0 heterocycles. The van der Waals surface area contributed by atoms with E-state index >= 15 is 0 Å². The molecule has 0 fully saturated rings. The maximum Gasteiger partial charge on any atom is 0.367 e.